The fraction of sp³-hybridized carbons (Fsp3) is 0.462. The fourth-order valence-corrected chi connectivity index (χ4v) is 2.94. The number of nitrogens with zero attached hydrogens (tertiary/aromatic N) is 2. The van der Waals surface area contributed by atoms with Crippen LogP contribution in [0.1, 0.15) is 12.0 Å². The second-order valence-corrected chi connectivity index (χ2v) is 5.32. The van der Waals surface area contributed by atoms with E-state index in [1.54, 1.807) is 11.8 Å². The summed E-state index contributed by atoms with van der Waals surface area (Å²) < 4.78 is 5.43. The number of oxime groups is 1. The number of anilines is 1. The van der Waals surface area contributed by atoms with E-state index < -0.39 is 0 Å². The van der Waals surface area contributed by atoms with Gasteiger partial charge >= 0.3 is 0 Å². The molecule has 2 rings (SSSR count). The molecule has 0 radical (unpaired) electrons. The number of amidine groups is 1. The molecule has 1 aliphatic heterocycles. The molecule has 6 heteroatoms. The van der Waals surface area contributed by atoms with Crippen molar-refractivity contribution >= 4 is 23.3 Å². The minimum atomic E-state index is 0.144. The average Bonchev–Trinajstić information content (AvgIpc) is 2.98. The third-order valence-corrected chi connectivity index (χ3v) is 4.20. The van der Waals surface area contributed by atoms with Crippen molar-refractivity contribution in [2.24, 2.45) is 10.9 Å². The first-order valence-corrected chi connectivity index (χ1v) is 7.37. The molecule has 3 N–H and O–H groups in total. The highest BCUT2D eigenvalue weighted by molar-refractivity contribution is 7.98. The number of ether oxygens (including phenoxy) is 1. The molecular formula is C13H19N3O2S. The molecule has 1 saturated heterocycles. The second-order valence-electron chi connectivity index (χ2n) is 4.47. The van der Waals surface area contributed by atoms with Gasteiger partial charge in [-0.2, -0.15) is 0 Å². The zero-order valence-electron chi connectivity index (χ0n) is 11.2. The van der Waals surface area contributed by atoms with Crippen LogP contribution in [0.25, 0.3) is 0 Å². The van der Waals surface area contributed by atoms with Gasteiger partial charge in [-0.1, -0.05) is 11.2 Å². The molecule has 1 atom stereocenters. The summed E-state index contributed by atoms with van der Waals surface area (Å²) in [6.45, 7) is 1.51. The Hall–Kier alpha value is -1.40. The Labute approximate surface area is 117 Å². The van der Waals surface area contributed by atoms with E-state index in [1.807, 2.05) is 31.5 Å². The maximum atomic E-state index is 8.99. The van der Waals surface area contributed by atoms with Gasteiger partial charge in [-0.3, -0.25) is 0 Å². The molecule has 0 aromatic heterocycles. The maximum Gasteiger partial charge on any atom is 0.173 e. The van der Waals surface area contributed by atoms with Crippen LogP contribution in [0.5, 0.6) is 0 Å². The smallest absolute Gasteiger partial charge is 0.173 e. The Morgan fingerprint density at radius 3 is 2.95 bits per heavy atom. The molecule has 0 saturated carbocycles. The van der Waals surface area contributed by atoms with Crippen molar-refractivity contribution in [2.75, 3.05) is 31.4 Å². The molecule has 1 aromatic carbocycles. The number of rotatable bonds is 4. The van der Waals surface area contributed by atoms with Crippen LogP contribution in [0.3, 0.4) is 0 Å². The van der Waals surface area contributed by atoms with E-state index in [1.165, 1.54) is 0 Å². The number of likely N-dealkylation sites (N-methyl/N-ethyl adjacent to an activating group) is 1. The summed E-state index contributed by atoms with van der Waals surface area (Å²) in [7, 11) is 2.02. The number of thioether (sulfide) groups is 1. The largest absolute Gasteiger partial charge is 0.409 e. The number of nitrogens with two attached hydrogens (primary N) is 1. The molecule has 19 heavy (non-hydrogen) atoms. The van der Waals surface area contributed by atoms with E-state index >= 15 is 0 Å². The van der Waals surface area contributed by atoms with Crippen LogP contribution in [0.4, 0.5) is 5.69 Å². The van der Waals surface area contributed by atoms with Gasteiger partial charge < -0.3 is 20.6 Å². The molecule has 1 unspecified atom stereocenters. The van der Waals surface area contributed by atoms with Crippen LogP contribution in [0.2, 0.25) is 0 Å². The first-order valence-electron chi connectivity index (χ1n) is 6.14. The molecule has 104 valence electrons. The van der Waals surface area contributed by atoms with Gasteiger partial charge in [0.15, 0.2) is 5.84 Å². The van der Waals surface area contributed by atoms with Gasteiger partial charge in [0.1, 0.15) is 0 Å². The molecule has 0 spiro atoms. The van der Waals surface area contributed by atoms with Crippen LogP contribution in [0.15, 0.2) is 28.3 Å². The number of hydrogen-bond acceptors (Lipinski definition) is 5. The topological polar surface area (TPSA) is 71.1 Å². The van der Waals surface area contributed by atoms with Gasteiger partial charge in [0.25, 0.3) is 0 Å². The fourth-order valence-electron chi connectivity index (χ4n) is 2.32. The van der Waals surface area contributed by atoms with Crippen molar-refractivity contribution in [3.63, 3.8) is 0 Å². The van der Waals surface area contributed by atoms with Crippen LogP contribution >= 0.6 is 11.8 Å². The summed E-state index contributed by atoms with van der Waals surface area (Å²) in [6.07, 6.45) is 2.97. The van der Waals surface area contributed by atoms with Crippen LogP contribution in [-0.2, 0) is 4.74 Å². The monoisotopic (exact) mass is 281 g/mol. The van der Waals surface area contributed by atoms with Crippen LogP contribution in [0, 0.1) is 0 Å². The highest BCUT2D eigenvalue weighted by Crippen LogP contribution is 2.31. The number of benzene rings is 1. The summed E-state index contributed by atoms with van der Waals surface area (Å²) in [4.78, 5) is 3.15. The summed E-state index contributed by atoms with van der Waals surface area (Å²) in [5.41, 5.74) is 7.59. The van der Waals surface area contributed by atoms with Gasteiger partial charge in [0.2, 0.25) is 0 Å². The lowest BCUT2D eigenvalue weighted by Crippen LogP contribution is -2.33. The van der Waals surface area contributed by atoms with E-state index in [0.717, 1.165) is 35.8 Å². The minimum Gasteiger partial charge on any atom is -0.409 e. The third kappa shape index (κ3) is 2.79. The zero-order valence-corrected chi connectivity index (χ0v) is 12.0. The second kappa shape index (κ2) is 6.16. The summed E-state index contributed by atoms with van der Waals surface area (Å²) in [5.74, 6) is 0.144. The lowest BCUT2D eigenvalue weighted by molar-refractivity contribution is 0.193. The van der Waals surface area contributed by atoms with Gasteiger partial charge in [-0.25, -0.2) is 0 Å². The van der Waals surface area contributed by atoms with E-state index in [2.05, 4.69) is 10.1 Å². The summed E-state index contributed by atoms with van der Waals surface area (Å²) in [5, 5.41) is 12.2. The Kier molecular flexibility index (Phi) is 4.55. The van der Waals surface area contributed by atoms with Crippen molar-refractivity contribution in [2.45, 2.75) is 17.4 Å². The number of hydrogen-bond donors (Lipinski definition) is 2. The molecule has 1 fully saturated rings. The lowest BCUT2D eigenvalue weighted by atomic mass is 10.1. The van der Waals surface area contributed by atoms with Crippen LogP contribution in [-0.4, -0.2) is 43.6 Å². The van der Waals surface area contributed by atoms with Gasteiger partial charge in [-0.15, -0.1) is 11.8 Å². The van der Waals surface area contributed by atoms with Crippen molar-refractivity contribution in [1.29, 1.82) is 0 Å². The van der Waals surface area contributed by atoms with Gasteiger partial charge in [0.05, 0.1) is 18.2 Å². The molecule has 1 heterocycles. The summed E-state index contributed by atoms with van der Waals surface area (Å²) in [6, 6.07) is 6.29. The predicted octanol–water partition coefficient (Wildman–Crippen LogP) is 1.73. The van der Waals surface area contributed by atoms with Crippen molar-refractivity contribution < 1.29 is 9.94 Å². The lowest BCUT2D eigenvalue weighted by Gasteiger charge is -2.28. The van der Waals surface area contributed by atoms with Crippen molar-refractivity contribution in [3.05, 3.63) is 23.8 Å². The first kappa shape index (κ1) is 14.0. The molecule has 0 aliphatic carbocycles. The molecule has 0 bridgehead atoms. The Morgan fingerprint density at radius 1 is 1.58 bits per heavy atom. The molecule has 1 aliphatic rings. The molecule has 1 aromatic rings. The molecular weight excluding hydrogens is 262 g/mol. The SMILES string of the molecule is CSc1cccc(N(C)C2CCOC2)c1/C(N)=N/O. The standard InChI is InChI=1S/C13H19N3O2S/c1-16(9-6-7-18-8-9)10-4-3-5-11(19-2)12(10)13(14)15-17/h3-5,9,17H,6-8H2,1-2H3,(H2,14,15). The zero-order chi connectivity index (χ0) is 13.8. The van der Waals surface area contributed by atoms with Crippen molar-refractivity contribution in [1.82, 2.24) is 0 Å². The highest BCUT2D eigenvalue weighted by Gasteiger charge is 2.24. The van der Waals surface area contributed by atoms with Gasteiger partial charge in [0, 0.05) is 24.2 Å². The minimum absolute atomic E-state index is 0.144. The van der Waals surface area contributed by atoms with E-state index in [4.69, 9.17) is 15.7 Å². The quantitative estimate of drug-likeness (QED) is 0.289. The van der Waals surface area contributed by atoms with E-state index in [0.29, 0.717) is 6.04 Å². The summed E-state index contributed by atoms with van der Waals surface area (Å²) >= 11 is 1.58. The average molecular weight is 281 g/mol. The first-order chi connectivity index (χ1) is 9.19. The van der Waals surface area contributed by atoms with Gasteiger partial charge in [-0.05, 0) is 24.8 Å². The normalized spacial score (nSPS) is 19.7. The maximum absolute atomic E-state index is 8.99. The highest BCUT2D eigenvalue weighted by atomic mass is 32.2. The molecule has 5 nitrogen and oxygen atoms in total. The Bertz CT molecular complexity index is 473. The third-order valence-electron chi connectivity index (χ3n) is 3.42. The molecule has 0 amide bonds. The van der Waals surface area contributed by atoms with Crippen molar-refractivity contribution in [3.8, 4) is 0 Å². The Morgan fingerprint density at radius 2 is 2.37 bits per heavy atom. The van der Waals surface area contributed by atoms with E-state index in [9.17, 15) is 0 Å². The van der Waals surface area contributed by atoms with E-state index in [-0.39, 0.29) is 5.84 Å². The predicted molar refractivity (Wildman–Crippen MR) is 78.4 cm³/mol. The Balaban J connectivity index is 2.43. The van der Waals surface area contributed by atoms with Crippen LogP contribution < -0.4 is 10.6 Å².